The molecule has 0 N–H and O–H groups in total. The van der Waals surface area contributed by atoms with E-state index in [0.29, 0.717) is 11.3 Å². The molecular weight excluding hydrogens is 338 g/mol. The average Bonchev–Trinajstić information content (AvgIpc) is 3.11. The van der Waals surface area contributed by atoms with Crippen LogP contribution >= 0.6 is 0 Å². The molecule has 0 bridgehead atoms. The molecule has 0 saturated carbocycles. The highest BCUT2D eigenvalue weighted by molar-refractivity contribution is 7.90. The molecule has 0 fully saturated rings. The minimum atomic E-state index is -3.89. The lowest BCUT2D eigenvalue weighted by molar-refractivity contribution is 0.0988. The Morgan fingerprint density at radius 1 is 1.12 bits per heavy atom. The van der Waals surface area contributed by atoms with E-state index in [9.17, 15) is 13.2 Å². The number of rotatable bonds is 5. The van der Waals surface area contributed by atoms with E-state index in [1.807, 2.05) is 6.07 Å². The van der Waals surface area contributed by atoms with Gasteiger partial charge in [0.05, 0.1) is 5.56 Å². The molecule has 124 valence electrons. The van der Waals surface area contributed by atoms with Gasteiger partial charge < -0.3 is 0 Å². The minimum Gasteiger partial charge on any atom is -0.292 e. The van der Waals surface area contributed by atoms with Crippen molar-refractivity contribution in [2.24, 2.45) is 0 Å². The Balaban J connectivity index is 1.89. The van der Waals surface area contributed by atoms with E-state index < -0.39 is 10.0 Å². The number of hydrogen-bond acceptors (Lipinski definition) is 5. The van der Waals surface area contributed by atoms with E-state index in [1.54, 1.807) is 36.4 Å². The molecule has 0 atom stereocenters. The van der Waals surface area contributed by atoms with Gasteiger partial charge in [-0.05, 0) is 35.9 Å². The number of benzene rings is 1. The Kier molecular flexibility index (Phi) is 4.46. The molecule has 2 aromatic heterocycles. The van der Waals surface area contributed by atoms with Gasteiger partial charge in [0, 0.05) is 25.0 Å². The van der Waals surface area contributed by atoms with Crippen LogP contribution < -0.4 is 0 Å². The number of hydrogen-bond donors (Lipinski definition) is 0. The van der Waals surface area contributed by atoms with Crippen LogP contribution in [0.25, 0.3) is 0 Å². The van der Waals surface area contributed by atoms with E-state index >= 15 is 0 Å². The number of nitriles is 1. The third-order valence-electron chi connectivity index (χ3n) is 3.61. The Morgan fingerprint density at radius 2 is 1.88 bits per heavy atom. The molecule has 2 heterocycles. The molecule has 6 nitrogen and oxygen atoms in total. The second-order valence-electron chi connectivity index (χ2n) is 5.28. The van der Waals surface area contributed by atoms with Gasteiger partial charge in [-0.15, -0.1) is 0 Å². The van der Waals surface area contributed by atoms with Crippen LogP contribution in [-0.2, 0) is 16.4 Å². The number of Topliss-reactive ketones (excluding diaryl/α,β-unsaturated/α-hetero) is 1. The highest BCUT2D eigenvalue weighted by Gasteiger charge is 2.21. The van der Waals surface area contributed by atoms with Gasteiger partial charge in [0.2, 0.25) is 0 Å². The molecular formula is C18H13N3O3S. The maximum absolute atomic E-state index is 12.7. The number of pyridine rings is 1. The molecule has 0 aliphatic carbocycles. The minimum absolute atomic E-state index is 0.0411. The van der Waals surface area contributed by atoms with Gasteiger partial charge in [-0.1, -0.05) is 18.2 Å². The highest BCUT2D eigenvalue weighted by atomic mass is 32.2. The van der Waals surface area contributed by atoms with Gasteiger partial charge in [0.15, 0.2) is 5.78 Å². The standard InChI is InChI=1S/C18H13N3O3S/c19-12-15-5-1-2-7-18(15)25(23,24)21-10-8-14(13-21)11-17(22)16-6-3-4-9-20-16/h1-10,13H,11H2. The summed E-state index contributed by atoms with van der Waals surface area (Å²) in [6, 6.07) is 14.5. The molecule has 0 radical (unpaired) electrons. The fraction of sp³-hybridized carbons (Fsp3) is 0.0556. The fourth-order valence-electron chi connectivity index (χ4n) is 2.37. The number of aromatic nitrogens is 2. The van der Waals surface area contributed by atoms with Gasteiger partial charge in [-0.25, -0.2) is 12.4 Å². The second kappa shape index (κ2) is 6.71. The van der Waals surface area contributed by atoms with Crippen molar-refractivity contribution in [3.05, 3.63) is 83.9 Å². The summed E-state index contributed by atoms with van der Waals surface area (Å²) >= 11 is 0. The van der Waals surface area contributed by atoms with Crippen molar-refractivity contribution in [1.29, 1.82) is 5.26 Å². The predicted molar refractivity (Wildman–Crippen MR) is 90.4 cm³/mol. The van der Waals surface area contributed by atoms with Crippen molar-refractivity contribution in [2.75, 3.05) is 0 Å². The molecule has 25 heavy (non-hydrogen) atoms. The van der Waals surface area contributed by atoms with Crippen LogP contribution in [0.15, 0.2) is 72.0 Å². The van der Waals surface area contributed by atoms with E-state index in [4.69, 9.17) is 5.26 Å². The van der Waals surface area contributed by atoms with E-state index in [-0.39, 0.29) is 22.7 Å². The summed E-state index contributed by atoms with van der Waals surface area (Å²) in [7, 11) is -3.89. The topological polar surface area (TPSA) is 92.8 Å². The zero-order valence-electron chi connectivity index (χ0n) is 13.0. The highest BCUT2D eigenvalue weighted by Crippen LogP contribution is 2.19. The zero-order chi connectivity index (χ0) is 17.9. The van der Waals surface area contributed by atoms with Crippen LogP contribution in [0.5, 0.6) is 0 Å². The predicted octanol–water partition coefficient (Wildman–Crippen LogP) is 2.42. The van der Waals surface area contributed by atoms with Crippen molar-refractivity contribution in [3.8, 4) is 6.07 Å². The van der Waals surface area contributed by atoms with E-state index in [0.717, 1.165) is 3.97 Å². The molecule has 0 aliphatic heterocycles. The zero-order valence-corrected chi connectivity index (χ0v) is 13.8. The smallest absolute Gasteiger partial charge is 0.268 e. The first-order valence-electron chi connectivity index (χ1n) is 7.38. The van der Waals surface area contributed by atoms with Gasteiger partial charge in [-0.3, -0.25) is 9.78 Å². The number of nitrogens with zero attached hydrogens (tertiary/aromatic N) is 3. The molecule has 0 amide bonds. The van der Waals surface area contributed by atoms with Gasteiger partial charge in [-0.2, -0.15) is 5.26 Å². The first kappa shape index (κ1) is 16.6. The summed E-state index contributed by atoms with van der Waals surface area (Å²) in [5.41, 5.74) is 0.948. The molecule has 3 aromatic rings. The molecule has 0 spiro atoms. The lowest BCUT2D eigenvalue weighted by atomic mass is 10.1. The molecule has 0 unspecified atom stereocenters. The molecule has 0 aliphatic rings. The third-order valence-corrected chi connectivity index (χ3v) is 5.30. The van der Waals surface area contributed by atoms with Gasteiger partial charge in [0.1, 0.15) is 16.7 Å². The largest absolute Gasteiger partial charge is 0.292 e. The van der Waals surface area contributed by atoms with E-state index in [2.05, 4.69) is 4.98 Å². The van der Waals surface area contributed by atoms with Crippen LogP contribution in [0.1, 0.15) is 21.6 Å². The van der Waals surface area contributed by atoms with Crippen LogP contribution in [0, 0.1) is 11.3 Å². The van der Waals surface area contributed by atoms with Crippen molar-refractivity contribution >= 4 is 15.8 Å². The SMILES string of the molecule is N#Cc1ccccc1S(=O)(=O)n1ccc(CC(=O)c2ccccn2)c1. The summed E-state index contributed by atoms with van der Waals surface area (Å²) in [5.74, 6) is -0.201. The van der Waals surface area contributed by atoms with Crippen LogP contribution in [0.3, 0.4) is 0 Å². The first-order chi connectivity index (χ1) is 12.0. The summed E-state index contributed by atoms with van der Waals surface area (Å²) in [4.78, 5) is 16.1. The van der Waals surface area contributed by atoms with Crippen LogP contribution in [0.4, 0.5) is 0 Å². The average molecular weight is 351 g/mol. The van der Waals surface area contributed by atoms with Crippen molar-refractivity contribution in [2.45, 2.75) is 11.3 Å². The summed E-state index contributed by atoms with van der Waals surface area (Å²) in [6.07, 6.45) is 4.32. The maximum atomic E-state index is 12.7. The quantitative estimate of drug-likeness (QED) is 0.658. The van der Waals surface area contributed by atoms with E-state index in [1.165, 1.54) is 30.7 Å². The number of carbonyl (C=O) groups is 1. The Hall–Kier alpha value is -3.24. The van der Waals surface area contributed by atoms with Crippen molar-refractivity contribution < 1.29 is 13.2 Å². The molecule has 0 saturated heterocycles. The first-order valence-corrected chi connectivity index (χ1v) is 8.82. The third kappa shape index (κ3) is 3.34. The van der Waals surface area contributed by atoms with Crippen LogP contribution in [-0.4, -0.2) is 23.2 Å². The Morgan fingerprint density at radius 3 is 2.60 bits per heavy atom. The maximum Gasteiger partial charge on any atom is 0.268 e. The van der Waals surface area contributed by atoms with Crippen molar-refractivity contribution in [1.82, 2.24) is 8.96 Å². The Bertz CT molecular complexity index is 1060. The summed E-state index contributed by atoms with van der Waals surface area (Å²) in [6.45, 7) is 0. The van der Waals surface area contributed by atoms with Crippen molar-refractivity contribution in [3.63, 3.8) is 0 Å². The second-order valence-corrected chi connectivity index (χ2v) is 7.09. The van der Waals surface area contributed by atoms with Gasteiger partial charge >= 0.3 is 0 Å². The molecule has 7 heteroatoms. The number of carbonyl (C=O) groups excluding carboxylic acids is 1. The molecule has 3 rings (SSSR count). The fourth-order valence-corrected chi connectivity index (χ4v) is 3.74. The number of ketones is 1. The summed E-state index contributed by atoms with van der Waals surface area (Å²) < 4.78 is 26.4. The lowest BCUT2D eigenvalue weighted by Gasteiger charge is -2.07. The monoisotopic (exact) mass is 351 g/mol. The summed E-state index contributed by atoms with van der Waals surface area (Å²) in [5, 5.41) is 9.10. The normalized spacial score (nSPS) is 11.0. The van der Waals surface area contributed by atoms with Gasteiger partial charge in [0.25, 0.3) is 10.0 Å². The lowest BCUT2D eigenvalue weighted by Crippen LogP contribution is -2.12. The van der Waals surface area contributed by atoms with Crippen LogP contribution in [0.2, 0.25) is 0 Å². The molecule has 1 aromatic carbocycles. The Labute approximate surface area is 145 Å².